The second-order valence-electron chi connectivity index (χ2n) is 8.25. The predicted octanol–water partition coefficient (Wildman–Crippen LogP) is 4.82. The maximum atomic E-state index is 13.0. The van der Waals surface area contributed by atoms with Crippen molar-refractivity contribution in [2.45, 2.75) is 19.4 Å². The number of halogens is 2. The number of aromatic nitrogens is 2. The summed E-state index contributed by atoms with van der Waals surface area (Å²) in [6.45, 7) is 3.27. The Morgan fingerprint density at radius 2 is 1.97 bits per heavy atom. The molecule has 2 amide bonds. The molecule has 0 bridgehead atoms. The molecule has 8 heteroatoms. The lowest BCUT2D eigenvalue weighted by Crippen LogP contribution is -2.51. The first-order valence-electron chi connectivity index (χ1n) is 10.4. The van der Waals surface area contributed by atoms with E-state index in [4.69, 9.17) is 23.2 Å². The number of amides is 2. The van der Waals surface area contributed by atoms with E-state index in [1.165, 1.54) is 0 Å². The highest BCUT2D eigenvalue weighted by Gasteiger charge is 2.36. The van der Waals surface area contributed by atoms with Crippen molar-refractivity contribution >= 4 is 40.7 Å². The molecular weight excluding hydrogens is 447 g/mol. The van der Waals surface area contributed by atoms with Crippen molar-refractivity contribution in [1.82, 2.24) is 14.9 Å². The van der Waals surface area contributed by atoms with Crippen LogP contribution in [0.4, 0.5) is 5.69 Å². The summed E-state index contributed by atoms with van der Waals surface area (Å²) in [5, 5.41) is 0.984. The zero-order valence-corrected chi connectivity index (χ0v) is 18.8. The van der Waals surface area contributed by atoms with Crippen LogP contribution < -0.4 is 4.90 Å². The van der Waals surface area contributed by atoms with Crippen LogP contribution in [0.1, 0.15) is 44.9 Å². The summed E-state index contributed by atoms with van der Waals surface area (Å²) < 4.78 is 0. The molecule has 2 aliphatic heterocycles. The van der Waals surface area contributed by atoms with Gasteiger partial charge in [0, 0.05) is 36.1 Å². The van der Waals surface area contributed by atoms with Gasteiger partial charge in [0.05, 0.1) is 22.9 Å². The summed E-state index contributed by atoms with van der Waals surface area (Å²) in [6.07, 6.45) is 5.88. The van der Waals surface area contributed by atoms with Crippen LogP contribution in [-0.2, 0) is 6.42 Å². The number of likely N-dealkylation sites (tertiary alicyclic amines) is 1. The van der Waals surface area contributed by atoms with Gasteiger partial charge in [-0.3, -0.25) is 19.5 Å². The second-order valence-corrected chi connectivity index (χ2v) is 9.09. The third-order valence-electron chi connectivity index (χ3n) is 6.09. The molecule has 1 saturated heterocycles. The fourth-order valence-corrected chi connectivity index (χ4v) is 4.85. The highest BCUT2D eigenvalue weighted by Crippen LogP contribution is 2.38. The molecular formula is C24H20Cl2N4O2. The fourth-order valence-electron chi connectivity index (χ4n) is 4.47. The number of hydrogen-bond acceptors (Lipinski definition) is 4. The van der Waals surface area contributed by atoms with Crippen molar-refractivity contribution in [3.8, 4) is 0 Å². The van der Waals surface area contributed by atoms with Gasteiger partial charge in [0.15, 0.2) is 0 Å². The number of hydrogen-bond donors (Lipinski definition) is 0. The first kappa shape index (κ1) is 20.9. The summed E-state index contributed by atoms with van der Waals surface area (Å²) in [6, 6.07) is 10.6. The quantitative estimate of drug-likeness (QED) is 0.552. The first-order valence-corrected chi connectivity index (χ1v) is 11.1. The third-order valence-corrected chi connectivity index (χ3v) is 6.63. The Hall–Kier alpha value is -2.96. The smallest absolute Gasteiger partial charge is 0.274 e. The molecule has 2 aromatic heterocycles. The number of fused-ring (bicyclic) bond motifs is 1. The zero-order valence-electron chi connectivity index (χ0n) is 17.3. The monoisotopic (exact) mass is 466 g/mol. The maximum Gasteiger partial charge on any atom is 0.274 e. The number of benzene rings is 1. The summed E-state index contributed by atoms with van der Waals surface area (Å²) >= 11 is 12.2. The van der Waals surface area contributed by atoms with Crippen LogP contribution in [0.3, 0.4) is 0 Å². The predicted molar refractivity (Wildman–Crippen MR) is 123 cm³/mol. The average Bonchev–Trinajstić information content (AvgIpc) is 3.00. The number of rotatable bonds is 4. The molecule has 0 unspecified atom stereocenters. The highest BCUT2D eigenvalue weighted by atomic mass is 35.5. The second kappa shape index (κ2) is 8.19. The molecule has 3 aromatic rings. The van der Waals surface area contributed by atoms with Crippen molar-refractivity contribution in [2.75, 3.05) is 18.0 Å². The van der Waals surface area contributed by atoms with Gasteiger partial charge in [0.25, 0.3) is 11.8 Å². The van der Waals surface area contributed by atoms with Crippen LogP contribution in [0.2, 0.25) is 10.0 Å². The van der Waals surface area contributed by atoms with E-state index in [9.17, 15) is 9.59 Å². The average molecular weight is 467 g/mol. The maximum absolute atomic E-state index is 13.0. The molecule has 5 rings (SSSR count). The number of pyridine rings is 2. The SMILES string of the molecule is C[C@@H]1c2cc(Cl)ccc2C(=O)N1c1cncc(CC2CN(C(=O)c3ncccc3Cl)C2)c1. The molecule has 6 nitrogen and oxygen atoms in total. The molecule has 32 heavy (non-hydrogen) atoms. The van der Waals surface area contributed by atoms with Gasteiger partial charge in [-0.15, -0.1) is 0 Å². The lowest BCUT2D eigenvalue weighted by Gasteiger charge is -2.39. The summed E-state index contributed by atoms with van der Waals surface area (Å²) in [4.78, 5) is 37.6. The van der Waals surface area contributed by atoms with Gasteiger partial charge in [-0.1, -0.05) is 23.2 Å². The Bertz CT molecular complexity index is 1230. The lowest BCUT2D eigenvalue weighted by atomic mass is 9.92. The van der Waals surface area contributed by atoms with Crippen molar-refractivity contribution in [1.29, 1.82) is 0 Å². The minimum atomic E-state index is -0.147. The van der Waals surface area contributed by atoms with Gasteiger partial charge in [0.1, 0.15) is 5.69 Å². The number of carbonyl (C=O) groups excluding carboxylic acids is 2. The normalized spacial score (nSPS) is 18.0. The lowest BCUT2D eigenvalue weighted by molar-refractivity contribution is 0.0495. The van der Waals surface area contributed by atoms with Gasteiger partial charge in [0.2, 0.25) is 0 Å². The van der Waals surface area contributed by atoms with Gasteiger partial charge in [-0.2, -0.15) is 0 Å². The van der Waals surface area contributed by atoms with E-state index < -0.39 is 0 Å². The van der Waals surface area contributed by atoms with Crippen LogP contribution in [0.15, 0.2) is 55.0 Å². The van der Waals surface area contributed by atoms with Crippen molar-refractivity contribution < 1.29 is 9.59 Å². The Morgan fingerprint density at radius 1 is 1.16 bits per heavy atom. The van der Waals surface area contributed by atoms with Crippen LogP contribution in [0.5, 0.6) is 0 Å². The van der Waals surface area contributed by atoms with E-state index in [0.29, 0.717) is 34.6 Å². The van der Waals surface area contributed by atoms with E-state index in [0.717, 1.165) is 23.2 Å². The van der Waals surface area contributed by atoms with Crippen LogP contribution in [0, 0.1) is 5.92 Å². The Labute approximate surface area is 195 Å². The standard InChI is InChI=1S/C24H20Cl2N4O2/c1-14-20-9-17(25)4-5-19(20)23(31)30(14)18-8-15(10-27-11-18)7-16-12-29(13-16)24(32)22-21(26)3-2-6-28-22/h2-6,8-11,14,16H,7,12-13H2,1H3/t14-/m1/s1. The topological polar surface area (TPSA) is 66.4 Å². The molecule has 0 radical (unpaired) electrons. The van der Waals surface area contributed by atoms with E-state index in [1.807, 2.05) is 25.3 Å². The molecule has 1 fully saturated rings. The van der Waals surface area contributed by atoms with Crippen LogP contribution in [0.25, 0.3) is 0 Å². The molecule has 4 heterocycles. The van der Waals surface area contributed by atoms with Gasteiger partial charge in [-0.05, 0) is 66.8 Å². The number of carbonyl (C=O) groups is 2. The molecule has 1 aromatic carbocycles. The number of anilines is 1. The van der Waals surface area contributed by atoms with E-state index in [1.54, 1.807) is 46.5 Å². The van der Waals surface area contributed by atoms with Gasteiger partial charge < -0.3 is 4.90 Å². The fraction of sp³-hybridized carbons (Fsp3) is 0.250. The first-order chi connectivity index (χ1) is 15.4. The van der Waals surface area contributed by atoms with E-state index in [2.05, 4.69) is 9.97 Å². The molecule has 0 aliphatic carbocycles. The van der Waals surface area contributed by atoms with Crippen LogP contribution in [-0.4, -0.2) is 39.8 Å². The molecule has 1 atom stereocenters. The Morgan fingerprint density at radius 3 is 2.75 bits per heavy atom. The molecule has 2 aliphatic rings. The van der Waals surface area contributed by atoms with Crippen molar-refractivity contribution in [3.63, 3.8) is 0 Å². The molecule has 0 spiro atoms. The van der Waals surface area contributed by atoms with Crippen molar-refractivity contribution in [3.05, 3.63) is 87.4 Å². The zero-order chi connectivity index (χ0) is 22.4. The minimum Gasteiger partial charge on any atom is -0.337 e. The van der Waals surface area contributed by atoms with E-state index >= 15 is 0 Å². The highest BCUT2D eigenvalue weighted by molar-refractivity contribution is 6.33. The minimum absolute atomic E-state index is 0.0456. The Kier molecular flexibility index (Phi) is 5.35. The number of nitrogens with zero attached hydrogens (tertiary/aromatic N) is 4. The van der Waals surface area contributed by atoms with E-state index in [-0.39, 0.29) is 23.6 Å². The van der Waals surface area contributed by atoms with Gasteiger partial charge in [-0.25, -0.2) is 4.98 Å². The molecule has 162 valence electrons. The summed E-state index contributed by atoms with van der Waals surface area (Å²) in [5.74, 6) is 0.128. The van der Waals surface area contributed by atoms with Gasteiger partial charge >= 0.3 is 0 Å². The summed E-state index contributed by atoms with van der Waals surface area (Å²) in [5.41, 5.74) is 3.68. The summed E-state index contributed by atoms with van der Waals surface area (Å²) in [7, 11) is 0. The third kappa shape index (κ3) is 3.63. The van der Waals surface area contributed by atoms with Crippen LogP contribution >= 0.6 is 23.2 Å². The molecule has 0 saturated carbocycles. The molecule has 0 N–H and O–H groups in total. The largest absolute Gasteiger partial charge is 0.337 e. The van der Waals surface area contributed by atoms with Crippen molar-refractivity contribution in [2.24, 2.45) is 5.92 Å². The Balaban J connectivity index is 1.27.